The maximum atomic E-state index is 10.7. The van der Waals surface area contributed by atoms with Crippen molar-refractivity contribution in [3.05, 3.63) is 0 Å². The Kier molecular flexibility index (Phi) is 3.40. The molecule has 1 unspecified atom stereocenters. The summed E-state index contributed by atoms with van der Waals surface area (Å²) in [5, 5.41) is 44.9. The molecule has 1 aliphatic heterocycles. The van der Waals surface area contributed by atoms with E-state index in [9.17, 15) is 15.0 Å². The van der Waals surface area contributed by atoms with Crippen LogP contribution in [0.15, 0.2) is 0 Å². The zero-order valence-electron chi connectivity index (χ0n) is 7.15. The van der Waals surface area contributed by atoms with Gasteiger partial charge in [0.1, 0.15) is 18.3 Å². The van der Waals surface area contributed by atoms with E-state index in [4.69, 9.17) is 15.3 Å². The molecule has 0 amide bonds. The number of cyclic esters (lactones) is 1. The van der Waals surface area contributed by atoms with Crippen LogP contribution in [0.1, 0.15) is 0 Å². The van der Waals surface area contributed by atoms with Gasteiger partial charge in [0.15, 0.2) is 12.2 Å². The number of rotatable bonds is 3. The molecule has 0 spiro atoms. The van der Waals surface area contributed by atoms with E-state index in [-0.39, 0.29) is 0 Å². The van der Waals surface area contributed by atoms with E-state index in [0.29, 0.717) is 0 Å². The van der Waals surface area contributed by atoms with Gasteiger partial charge in [0.25, 0.3) is 0 Å². The second-order valence-electron chi connectivity index (χ2n) is 3.08. The highest BCUT2D eigenvalue weighted by Gasteiger charge is 2.47. The van der Waals surface area contributed by atoms with Crippen molar-refractivity contribution in [2.75, 3.05) is 6.61 Å². The summed E-state index contributed by atoms with van der Waals surface area (Å²) in [4.78, 5) is 10.7. The lowest BCUT2D eigenvalue weighted by atomic mass is 10.0. The van der Waals surface area contributed by atoms with Crippen LogP contribution in [0.25, 0.3) is 0 Å². The number of aliphatic hydroxyl groups excluding tert-OH is 5. The van der Waals surface area contributed by atoms with Gasteiger partial charge in [0.2, 0.25) is 0 Å². The molecule has 14 heavy (non-hydrogen) atoms. The molecule has 0 saturated carbocycles. The second kappa shape index (κ2) is 4.20. The van der Waals surface area contributed by atoms with Crippen LogP contribution >= 0.6 is 0 Å². The van der Waals surface area contributed by atoms with Crippen LogP contribution in [-0.2, 0) is 9.53 Å². The molecular formula is C7H12O7. The zero-order valence-corrected chi connectivity index (χ0v) is 7.15. The van der Waals surface area contributed by atoms with E-state index in [2.05, 4.69) is 4.74 Å². The van der Waals surface area contributed by atoms with E-state index in [1.165, 1.54) is 0 Å². The molecule has 7 nitrogen and oxygen atoms in total. The lowest BCUT2D eigenvalue weighted by Crippen LogP contribution is -2.46. The molecule has 0 aromatic carbocycles. The highest BCUT2D eigenvalue weighted by atomic mass is 16.6. The fraction of sp³-hybridized carbons (Fsp3) is 0.857. The van der Waals surface area contributed by atoms with Gasteiger partial charge in [0, 0.05) is 0 Å². The Morgan fingerprint density at radius 3 is 2.29 bits per heavy atom. The van der Waals surface area contributed by atoms with Crippen LogP contribution in [0, 0.1) is 0 Å². The average Bonchev–Trinajstić information content (AvgIpc) is 2.43. The largest absolute Gasteiger partial charge is 0.455 e. The van der Waals surface area contributed by atoms with Crippen molar-refractivity contribution >= 4 is 5.97 Å². The standard InChI is InChI=1S/C7H12O7/c8-1-2(9)3(10)6-4(11)5(12)7(13)14-6/h2-6,8-12H,1H2/t2-,3-,4+,5-,6?/m1/s1. The first-order chi connectivity index (χ1) is 6.49. The van der Waals surface area contributed by atoms with Gasteiger partial charge < -0.3 is 30.3 Å². The van der Waals surface area contributed by atoms with Gasteiger partial charge in [-0.2, -0.15) is 0 Å². The maximum Gasteiger partial charge on any atom is 0.338 e. The summed E-state index contributed by atoms with van der Waals surface area (Å²) in [6, 6.07) is 0. The number of aliphatic hydroxyl groups is 5. The highest BCUT2D eigenvalue weighted by Crippen LogP contribution is 2.20. The number of carbonyl (C=O) groups excluding carboxylic acids is 1. The van der Waals surface area contributed by atoms with Crippen molar-refractivity contribution in [2.24, 2.45) is 0 Å². The Morgan fingerprint density at radius 2 is 1.93 bits per heavy atom. The third-order valence-corrected chi connectivity index (χ3v) is 2.07. The highest BCUT2D eigenvalue weighted by molar-refractivity contribution is 5.77. The summed E-state index contributed by atoms with van der Waals surface area (Å²) in [6.07, 6.45) is -7.90. The van der Waals surface area contributed by atoms with Gasteiger partial charge >= 0.3 is 5.97 Å². The third-order valence-electron chi connectivity index (χ3n) is 2.07. The minimum atomic E-state index is -1.72. The van der Waals surface area contributed by atoms with E-state index < -0.39 is 43.1 Å². The topological polar surface area (TPSA) is 127 Å². The van der Waals surface area contributed by atoms with Crippen LogP contribution in [-0.4, -0.2) is 68.6 Å². The zero-order chi connectivity index (χ0) is 10.9. The molecule has 7 heteroatoms. The Labute approximate surface area is 79.2 Å². The fourth-order valence-electron chi connectivity index (χ4n) is 1.19. The van der Waals surface area contributed by atoms with Gasteiger partial charge in [0.05, 0.1) is 6.61 Å². The van der Waals surface area contributed by atoms with Crippen LogP contribution < -0.4 is 0 Å². The average molecular weight is 208 g/mol. The molecule has 0 bridgehead atoms. The Hall–Kier alpha value is -0.730. The van der Waals surface area contributed by atoms with Crippen LogP contribution in [0.2, 0.25) is 0 Å². The maximum absolute atomic E-state index is 10.7. The number of hydrogen-bond acceptors (Lipinski definition) is 7. The van der Waals surface area contributed by atoms with Crippen molar-refractivity contribution in [2.45, 2.75) is 30.5 Å². The number of ether oxygens (including phenoxy) is 1. The van der Waals surface area contributed by atoms with Crippen LogP contribution in [0.3, 0.4) is 0 Å². The first-order valence-corrected chi connectivity index (χ1v) is 4.02. The Balaban J connectivity index is 2.66. The van der Waals surface area contributed by atoms with Gasteiger partial charge in [-0.05, 0) is 0 Å². The number of carbonyl (C=O) groups is 1. The number of esters is 1. The molecule has 1 rings (SSSR count). The first-order valence-electron chi connectivity index (χ1n) is 4.02. The SMILES string of the molecule is O=C1OC([C@H](O)[C@H](O)CO)[C@@H](O)[C@H]1O. The predicted molar refractivity (Wildman–Crippen MR) is 41.0 cm³/mol. The normalized spacial score (nSPS) is 36.6. The Bertz CT molecular complexity index is 218. The van der Waals surface area contributed by atoms with Gasteiger partial charge in [-0.15, -0.1) is 0 Å². The molecule has 82 valence electrons. The predicted octanol–water partition coefficient (Wildman–Crippen LogP) is -3.65. The molecule has 1 aliphatic rings. The summed E-state index contributed by atoms with van der Waals surface area (Å²) in [6.45, 7) is -0.738. The second-order valence-corrected chi connectivity index (χ2v) is 3.08. The molecular weight excluding hydrogens is 196 g/mol. The molecule has 0 aromatic rings. The van der Waals surface area contributed by atoms with Crippen molar-refractivity contribution in [3.8, 4) is 0 Å². The Morgan fingerprint density at radius 1 is 1.36 bits per heavy atom. The minimum absolute atomic E-state index is 0.738. The lowest BCUT2D eigenvalue weighted by Gasteiger charge is -2.23. The van der Waals surface area contributed by atoms with E-state index in [1.54, 1.807) is 0 Å². The van der Waals surface area contributed by atoms with Crippen molar-refractivity contribution in [3.63, 3.8) is 0 Å². The van der Waals surface area contributed by atoms with Crippen molar-refractivity contribution in [1.82, 2.24) is 0 Å². The molecule has 5 atom stereocenters. The van der Waals surface area contributed by atoms with Crippen molar-refractivity contribution in [1.29, 1.82) is 0 Å². The molecule has 0 aliphatic carbocycles. The van der Waals surface area contributed by atoms with Gasteiger partial charge in [-0.1, -0.05) is 0 Å². The summed E-state index contributed by atoms with van der Waals surface area (Å²) in [7, 11) is 0. The fourth-order valence-corrected chi connectivity index (χ4v) is 1.19. The monoisotopic (exact) mass is 208 g/mol. The summed E-state index contributed by atoms with van der Waals surface area (Å²) in [5.74, 6) is -1.06. The third kappa shape index (κ3) is 1.86. The molecule has 1 fully saturated rings. The van der Waals surface area contributed by atoms with Crippen LogP contribution in [0.4, 0.5) is 0 Å². The molecule has 1 heterocycles. The molecule has 1 saturated heterocycles. The summed E-state index contributed by atoms with van der Waals surface area (Å²) in [5.41, 5.74) is 0. The van der Waals surface area contributed by atoms with E-state index >= 15 is 0 Å². The summed E-state index contributed by atoms with van der Waals surface area (Å²) < 4.78 is 4.41. The van der Waals surface area contributed by atoms with Gasteiger partial charge in [-0.25, -0.2) is 4.79 Å². The van der Waals surface area contributed by atoms with Crippen molar-refractivity contribution < 1.29 is 35.1 Å². The first kappa shape index (κ1) is 11.3. The molecule has 5 N–H and O–H groups in total. The van der Waals surface area contributed by atoms with Gasteiger partial charge in [-0.3, -0.25) is 0 Å². The summed E-state index contributed by atoms with van der Waals surface area (Å²) >= 11 is 0. The number of hydrogen-bond donors (Lipinski definition) is 5. The smallest absolute Gasteiger partial charge is 0.338 e. The molecule has 0 radical (unpaired) electrons. The lowest BCUT2D eigenvalue weighted by molar-refractivity contribution is -0.155. The van der Waals surface area contributed by atoms with E-state index in [0.717, 1.165) is 0 Å². The van der Waals surface area contributed by atoms with Crippen LogP contribution in [0.5, 0.6) is 0 Å². The quantitative estimate of drug-likeness (QED) is 0.302. The molecule has 0 aromatic heterocycles. The van der Waals surface area contributed by atoms with E-state index in [1.807, 2.05) is 0 Å². The minimum Gasteiger partial charge on any atom is -0.455 e.